The summed E-state index contributed by atoms with van der Waals surface area (Å²) in [5.74, 6) is -0.489. The van der Waals surface area contributed by atoms with Crippen LogP contribution in [0.2, 0.25) is 5.02 Å². The summed E-state index contributed by atoms with van der Waals surface area (Å²) in [7, 11) is 0. The van der Waals surface area contributed by atoms with E-state index in [1.54, 1.807) is 39.0 Å². The number of hydrogen-bond donors (Lipinski definition) is 1. The quantitative estimate of drug-likeness (QED) is 0.333. The van der Waals surface area contributed by atoms with E-state index in [1.807, 2.05) is 0 Å². The van der Waals surface area contributed by atoms with Gasteiger partial charge in [0.15, 0.2) is 0 Å². The summed E-state index contributed by atoms with van der Waals surface area (Å²) in [5, 5.41) is 30.0. The Labute approximate surface area is 199 Å². The third kappa shape index (κ3) is 5.49. The number of aromatic nitrogens is 2. The van der Waals surface area contributed by atoms with Crippen molar-refractivity contribution in [2.75, 3.05) is 5.32 Å². The highest BCUT2D eigenvalue weighted by atomic mass is 35.5. The Hall–Kier alpha value is -3.99. The smallest absolute Gasteiger partial charge is 0.312 e. The lowest BCUT2D eigenvalue weighted by Crippen LogP contribution is -2.25. The topological polar surface area (TPSA) is 142 Å². The molecular weight excluding hydrogens is 466 g/mol. The highest BCUT2D eigenvalue weighted by Crippen LogP contribution is 2.31. The highest BCUT2D eigenvalue weighted by molar-refractivity contribution is 6.31. The Bertz CT molecular complexity index is 1290. The fourth-order valence-electron chi connectivity index (χ4n) is 3.37. The molecule has 0 aliphatic carbocycles. The number of halogens is 1. The number of benzene rings is 2. The van der Waals surface area contributed by atoms with E-state index in [9.17, 15) is 25.0 Å². The summed E-state index contributed by atoms with van der Waals surface area (Å²) in [4.78, 5) is 34.3. The lowest BCUT2D eigenvalue weighted by molar-refractivity contribution is -0.386. The van der Waals surface area contributed by atoms with Crippen LogP contribution >= 0.6 is 11.6 Å². The predicted molar refractivity (Wildman–Crippen MR) is 126 cm³/mol. The second-order valence-electron chi connectivity index (χ2n) is 7.83. The molecule has 1 heterocycles. The van der Waals surface area contributed by atoms with Crippen LogP contribution in [0.3, 0.4) is 0 Å². The molecule has 3 aromatic rings. The van der Waals surface area contributed by atoms with Crippen LogP contribution in [0.15, 0.2) is 36.4 Å². The molecule has 12 heteroatoms. The van der Waals surface area contributed by atoms with Gasteiger partial charge in [-0.15, -0.1) is 0 Å². The molecule has 1 atom stereocenters. The van der Waals surface area contributed by atoms with Gasteiger partial charge in [-0.3, -0.25) is 29.7 Å². The average Bonchev–Trinajstić information content (AvgIpc) is 3.03. The summed E-state index contributed by atoms with van der Waals surface area (Å²) in [6.45, 7) is 6.61. The third-order valence-electron chi connectivity index (χ3n) is 5.16. The lowest BCUT2D eigenvalue weighted by atomic mass is 10.1. The van der Waals surface area contributed by atoms with Gasteiger partial charge in [0, 0.05) is 17.2 Å². The number of ether oxygens (including phenoxy) is 1. The fraction of sp³-hybridized carbons (Fsp3) is 0.273. The first kappa shape index (κ1) is 24.6. The van der Waals surface area contributed by atoms with Crippen molar-refractivity contribution in [3.05, 3.63) is 78.6 Å². The van der Waals surface area contributed by atoms with E-state index in [1.165, 1.54) is 29.8 Å². The number of nitrogens with one attached hydrogen (secondary N) is 1. The maximum atomic E-state index is 12.8. The van der Waals surface area contributed by atoms with Gasteiger partial charge in [0.2, 0.25) is 5.91 Å². The van der Waals surface area contributed by atoms with Crippen molar-refractivity contribution in [3.8, 4) is 11.5 Å². The van der Waals surface area contributed by atoms with Crippen LogP contribution in [-0.4, -0.2) is 25.5 Å². The highest BCUT2D eigenvalue weighted by Gasteiger charge is 2.24. The van der Waals surface area contributed by atoms with Crippen molar-refractivity contribution in [1.29, 1.82) is 0 Å². The molecule has 3 rings (SSSR count). The summed E-state index contributed by atoms with van der Waals surface area (Å²) >= 11 is 6.02. The van der Waals surface area contributed by atoms with Crippen molar-refractivity contribution in [1.82, 2.24) is 9.78 Å². The molecular formula is C22H22ClN5O6. The van der Waals surface area contributed by atoms with E-state index in [0.717, 1.165) is 5.56 Å². The molecule has 1 amide bonds. The van der Waals surface area contributed by atoms with Crippen LogP contribution < -0.4 is 10.1 Å². The molecule has 0 saturated heterocycles. The van der Waals surface area contributed by atoms with Gasteiger partial charge >= 0.3 is 5.69 Å². The Morgan fingerprint density at radius 3 is 2.41 bits per heavy atom. The van der Waals surface area contributed by atoms with Gasteiger partial charge in [-0.05, 0) is 44.5 Å². The fourth-order valence-corrected chi connectivity index (χ4v) is 3.49. The minimum absolute atomic E-state index is 0.0919. The van der Waals surface area contributed by atoms with Crippen molar-refractivity contribution in [2.24, 2.45) is 5.92 Å². The van der Waals surface area contributed by atoms with E-state index < -0.39 is 21.7 Å². The number of amides is 1. The van der Waals surface area contributed by atoms with Crippen LogP contribution in [-0.2, 0) is 11.3 Å². The number of hydrogen-bond acceptors (Lipinski definition) is 7. The average molecular weight is 488 g/mol. The molecule has 0 spiro atoms. The van der Waals surface area contributed by atoms with Gasteiger partial charge in [-0.25, -0.2) is 0 Å². The summed E-state index contributed by atoms with van der Waals surface area (Å²) in [5.41, 5.74) is 1.19. The molecule has 178 valence electrons. The Morgan fingerprint density at radius 1 is 1.12 bits per heavy atom. The normalized spacial score (nSPS) is 11.7. The summed E-state index contributed by atoms with van der Waals surface area (Å²) in [6.07, 6.45) is 0. The predicted octanol–water partition coefficient (Wildman–Crippen LogP) is 5.35. The molecule has 1 unspecified atom stereocenters. The van der Waals surface area contributed by atoms with E-state index in [-0.39, 0.29) is 35.1 Å². The summed E-state index contributed by atoms with van der Waals surface area (Å²) in [6, 6.07) is 8.90. The van der Waals surface area contributed by atoms with Gasteiger partial charge in [0.1, 0.15) is 22.9 Å². The van der Waals surface area contributed by atoms with Gasteiger partial charge in [0.25, 0.3) is 5.69 Å². The van der Waals surface area contributed by atoms with E-state index in [0.29, 0.717) is 16.5 Å². The first-order chi connectivity index (χ1) is 16.0. The number of rotatable bonds is 8. The molecule has 34 heavy (non-hydrogen) atoms. The van der Waals surface area contributed by atoms with Gasteiger partial charge in [0.05, 0.1) is 34.1 Å². The van der Waals surface area contributed by atoms with Crippen molar-refractivity contribution in [3.63, 3.8) is 0 Å². The van der Waals surface area contributed by atoms with Crippen LogP contribution in [0.4, 0.5) is 17.1 Å². The van der Waals surface area contributed by atoms with E-state index >= 15 is 0 Å². The van der Waals surface area contributed by atoms with Gasteiger partial charge < -0.3 is 10.1 Å². The molecule has 1 aromatic heterocycles. The second-order valence-corrected chi connectivity index (χ2v) is 8.24. The zero-order valence-electron chi connectivity index (χ0n) is 18.9. The minimum atomic E-state index is -0.639. The van der Waals surface area contributed by atoms with Crippen LogP contribution in [0.5, 0.6) is 11.5 Å². The van der Waals surface area contributed by atoms with E-state index in [2.05, 4.69) is 10.4 Å². The number of nitro groups is 2. The zero-order chi connectivity index (χ0) is 25.2. The lowest BCUT2D eigenvalue weighted by Gasteiger charge is -2.14. The number of anilines is 1. The molecule has 0 aliphatic heterocycles. The number of non-ortho nitro benzene ring substituents is 1. The number of nitro benzene ring substituents is 1. The first-order valence-corrected chi connectivity index (χ1v) is 10.6. The second kappa shape index (κ2) is 9.87. The molecule has 0 saturated carbocycles. The Balaban J connectivity index is 1.80. The number of aryl methyl sites for hydroxylation is 2. The first-order valence-electron chi connectivity index (χ1n) is 10.2. The monoisotopic (exact) mass is 487 g/mol. The molecule has 0 bridgehead atoms. The van der Waals surface area contributed by atoms with Crippen LogP contribution in [0, 0.1) is 46.9 Å². The number of nitrogens with zero attached hydrogens (tertiary/aromatic N) is 4. The standard InChI is InChI=1S/C22H22ClN5O6/c1-12-7-18(5-6-20(12)23)34-19-9-16(8-17(10-19)27(30)31)24-22(29)13(2)11-26-15(4)21(28(32)33)14(3)25-26/h5-10,13H,11H2,1-4H3,(H,24,29). The molecule has 1 N–H and O–H groups in total. The Kier molecular flexibility index (Phi) is 7.16. The van der Waals surface area contributed by atoms with Crippen LogP contribution in [0.25, 0.3) is 0 Å². The largest absolute Gasteiger partial charge is 0.457 e. The van der Waals surface area contributed by atoms with E-state index in [4.69, 9.17) is 16.3 Å². The maximum absolute atomic E-state index is 12.8. The maximum Gasteiger partial charge on any atom is 0.312 e. The molecule has 11 nitrogen and oxygen atoms in total. The summed E-state index contributed by atoms with van der Waals surface area (Å²) < 4.78 is 7.15. The van der Waals surface area contributed by atoms with Crippen molar-refractivity contribution in [2.45, 2.75) is 34.2 Å². The number of carbonyl (C=O) groups is 1. The molecule has 2 aromatic carbocycles. The van der Waals surface area contributed by atoms with Crippen LogP contribution in [0.1, 0.15) is 23.9 Å². The number of carbonyl (C=O) groups excluding carboxylic acids is 1. The Morgan fingerprint density at radius 2 is 1.82 bits per heavy atom. The van der Waals surface area contributed by atoms with Crippen molar-refractivity contribution >= 4 is 34.6 Å². The van der Waals surface area contributed by atoms with Gasteiger partial charge in [-0.2, -0.15) is 5.10 Å². The molecule has 0 radical (unpaired) electrons. The SMILES string of the molecule is Cc1cc(Oc2cc(NC(=O)C(C)Cn3nc(C)c([N+](=O)[O-])c3C)cc([N+](=O)[O-])c2)ccc1Cl. The molecule has 0 aliphatic rings. The zero-order valence-corrected chi connectivity index (χ0v) is 19.6. The van der Waals surface area contributed by atoms with Crippen molar-refractivity contribution < 1.29 is 19.4 Å². The third-order valence-corrected chi connectivity index (χ3v) is 5.58. The molecule has 0 fully saturated rings. The minimum Gasteiger partial charge on any atom is -0.457 e. The van der Waals surface area contributed by atoms with Gasteiger partial charge in [-0.1, -0.05) is 18.5 Å².